The quantitative estimate of drug-likeness (QED) is 0.673. The summed E-state index contributed by atoms with van der Waals surface area (Å²) in [5.41, 5.74) is 11.2. The number of hydrogen-bond acceptors (Lipinski definition) is 4. The first kappa shape index (κ1) is 18.8. The molecule has 0 saturated carbocycles. The first-order valence-electron chi connectivity index (χ1n) is 10.5. The van der Waals surface area contributed by atoms with Crippen LogP contribution in [0.2, 0.25) is 0 Å². The molecule has 5 nitrogen and oxygen atoms in total. The number of nitrogen functional groups attached to an aromatic ring is 1. The van der Waals surface area contributed by atoms with E-state index >= 15 is 0 Å². The zero-order valence-corrected chi connectivity index (χ0v) is 16.7. The average molecular weight is 379 g/mol. The van der Waals surface area contributed by atoms with Crippen molar-refractivity contribution in [3.05, 3.63) is 48.3 Å². The minimum atomic E-state index is 0.743. The Morgan fingerprint density at radius 2 is 1.75 bits per heavy atom. The van der Waals surface area contributed by atoms with Crippen LogP contribution in [0.15, 0.2) is 42.6 Å². The normalized spacial score (nSPS) is 15.6. The fourth-order valence-electron chi connectivity index (χ4n) is 3.93. The van der Waals surface area contributed by atoms with Crippen molar-refractivity contribution in [2.75, 3.05) is 25.4 Å². The number of imidazole rings is 1. The van der Waals surface area contributed by atoms with E-state index in [0.717, 1.165) is 61.0 Å². The number of hydrogen-bond donors (Lipinski definition) is 1. The Morgan fingerprint density at radius 1 is 1.00 bits per heavy atom. The maximum absolute atomic E-state index is 6.09. The minimum Gasteiger partial charge on any atom is -0.494 e. The van der Waals surface area contributed by atoms with Gasteiger partial charge in [0.1, 0.15) is 11.4 Å². The van der Waals surface area contributed by atoms with Crippen LogP contribution in [0.1, 0.15) is 44.7 Å². The fourth-order valence-corrected chi connectivity index (χ4v) is 3.93. The van der Waals surface area contributed by atoms with Gasteiger partial charge in [0.05, 0.1) is 18.0 Å². The summed E-state index contributed by atoms with van der Waals surface area (Å²) in [5, 5.41) is 0. The second-order valence-corrected chi connectivity index (χ2v) is 7.66. The van der Waals surface area contributed by atoms with Gasteiger partial charge in [-0.25, -0.2) is 4.98 Å². The van der Waals surface area contributed by atoms with Crippen molar-refractivity contribution in [2.24, 2.45) is 0 Å². The van der Waals surface area contributed by atoms with E-state index in [1.54, 1.807) is 0 Å². The molecule has 0 amide bonds. The van der Waals surface area contributed by atoms with Crippen LogP contribution in [0, 0.1) is 0 Å². The van der Waals surface area contributed by atoms with Crippen LogP contribution >= 0.6 is 0 Å². The molecule has 0 spiro atoms. The first-order valence-corrected chi connectivity index (χ1v) is 10.5. The van der Waals surface area contributed by atoms with E-state index in [2.05, 4.69) is 28.4 Å². The zero-order chi connectivity index (χ0) is 19.3. The fraction of sp³-hybridized carbons (Fsp3) is 0.435. The van der Waals surface area contributed by atoms with E-state index in [1.807, 2.05) is 30.5 Å². The summed E-state index contributed by atoms with van der Waals surface area (Å²) in [6.45, 7) is 6.06. The number of rotatable bonds is 6. The Hall–Kier alpha value is -2.53. The summed E-state index contributed by atoms with van der Waals surface area (Å²) < 4.78 is 7.90. The van der Waals surface area contributed by atoms with E-state index in [9.17, 15) is 0 Å². The van der Waals surface area contributed by atoms with Crippen LogP contribution in [0.3, 0.4) is 0 Å². The molecule has 0 radical (unpaired) electrons. The van der Waals surface area contributed by atoms with E-state index in [0.29, 0.717) is 0 Å². The smallest absolute Gasteiger partial charge is 0.137 e. The standard InChI is InChI=1S/C23H30N4O/c1-2-15-28-20-10-7-18(8-11-20)23-21(17-26-13-5-3-4-6-14-26)27-16-19(24)9-12-22(27)25-23/h7-12,16H,2-6,13-15,17,24H2,1H3. The molecule has 0 unspecified atom stereocenters. The first-order chi connectivity index (χ1) is 13.7. The SMILES string of the molecule is CCCOc1ccc(-c2nc3ccc(N)cn3c2CN2CCCCCC2)cc1. The molecule has 1 aliphatic heterocycles. The maximum atomic E-state index is 6.09. The van der Waals surface area contributed by atoms with Crippen molar-refractivity contribution in [2.45, 2.75) is 45.6 Å². The van der Waals surface area contributed by atoms with Gasteiger partial charge in [0.15, 0.2) is 0 Å². The Bertz CT molecular complexity index is 908. The molecule has 1 saturated heterocycles. The highest BCUT2D eigenvalue weighted by molar-refractivity contribution is 5.68. The van der Waals surface area contributed by atoms with Gasteiger partial charge in [0.25, 0.3) is 0 Å². The van der Waals surface area contributed by atoms with E-state index in [4.69, 9.17) is 15.5 Å². The van der Waals surface area contributed by atoms with Gasteiger partial charge in [0, 0.05) is 24.0 Å². The number of anilines is 1. The Labute approximate surface area is 167 Å². The Kier molecular flexibility index (Phi) is 5.81. The molecule has 0 aliphatic carbocycles. The van der Waals surface area contributed by atoms with Crippen LogP contribution in [-0.2, 0) is 6.54 Å². The summed E-state index contributed by atoms with van der Waals surface area (Å²) in [7, 11) is 0. The third-order valence-electron chi connectivity index (χ3n) is 5.41. The minimum absolute atomic E-state index is 0.743. The number of aromatic nitrogens is 2. The second-order valence-electron chi connectivity index (χ2n) is 7.66. The lowest BCUT2D eigenvalue weighted by atomic mass is 10.1. The van der Waals surface area contributed by atoms with Gasteiger partial charge in [-0.05, 0) is 68.8 Å². The van der Waals surface area contributed by atoms with E-state index < -0.39 is 0 Å². The summed E-state index contributed by atoms with van der Waals surface area (Å²) in [4.78, 5) is 7.50. The number of fused-ring (bicyclic) bond motifs is 1. The van der Waals surface area contributed by atoms with Gasteiger partial charge in [0.2, 0.25) is 0 Å². The molecule has 2 aromatic heterocycles. The third kappa shape index (κ3) is 4.14. The number of pyridine rings is 1. The predicted molar refractivity (Wildman–Crippen MR) is 115 cm³/mol. The van der Waals surface area contributed by atoms with Gasteiger partial charge in [-0.2, -0.15) is 0 Å². The molecule has 1 aromatic carbocycles. The third-order valence-corrected chi connectivity index (χ3v) is 5.41. The lowest BCUT2D eigenvalue weighted by Gasteiger charge is -2.20. The van der Waals surface area contributed by atoms with Gasteiger partial charge in [-0.15, -0.1) is 0 Å². The monoisotopic (exact) mass is 378 g/mol. The van der Waals surface area contributed by atoms with E-state index in [1.165, 1.54) is 31.4 Å². The van der Waals surface area contributed by atoms with Gasteiger partial charge < -0.3 is 14.9 Å². The molecule has 3 aromatic rings. The van der Waals surface area contributed by atoms with Crippen molar-refractivity contribution in [3.63, 3.8) is 0 Å². The number of nitrogens with zero attached hydrogens (tertiary/aromatic N) is 3. The molecule has 5 heteroatoms. The van der Waals surface area contributed by atoms with Crippen molar-refractivity contribution in [3.8, 4) is 17.0 Å². The molecule has 2 N–H and O–H groups in total. The van der Waals surface area contributed by atoms with Crippen molar-refractivity contribution in [1.29, 1.82) is 0 Å². The highest BCUT2D eigenvalue weighted by atomic mass is 16.5. The molecule has 148 valence electrons. The Morgan fingerprint density at radius 3 is 2.46 bits per heavy atom. The van der Waals surface area contributed by atoms with Crippen molar-refractivity contribution in [1.82, 2.24) is 14.3 Å². The molecule has 1 aliphatic rings. The molecule has 28 heavy (non-hydrogen) atoms. The van der Waals surface area contributed by atoms with Crippen LogP contribution in [0.25, 0.3) is 16.9 Å². The number of likely N-dealkylation sites (tertiary alicyclic amines) is 1. The lowest BCUT2D eigenvalue weighted by molar-refractivity contribution is 0.273. The zero-order valence-electron chi connectivity index (χ0n) is 16.7. The van der Waals surface area contributed by atoms with Crippen LogP contribution in [0.5, 0.6) is 5.75 Å². The molecular weight excluding hydrogens is 348 g/mol. The summed E-state index contributed by atoms with van der Waals surface area (Å²) in [5.74, 6) is 0.910. The van der Waals surface area contributed by atoms with Crippen LogP contribution in [-0.4, -0.2) is 34.0 Å². The molecule has 4 rings (SSSR count). The summed E-state index contributed by atoms with van der Waals surface area (Å²) >= 11 is 0. The maximum Gasteiger partial charge on any atom is 0.137 e. The van der Waals surface area contributed by atoms with Crippen molar-refractivity contribution < 1.29 is 4.74 Å². The summed E-state index contributed by atoms with van der Waals surface area (Å²) in [6, 6.07) is 12.2. The van der Waals surface area contributed by atoms with Gasteiger partial charge in [-0.1, -0.05) is 19.8 Å². The van der Waals surface area contributed by atoms with E-state index in [-0.39, 0.29) is 0 Å². The molecule has 1 fully saturated rings. The van der Waals surface area contributed by atoms with Crippen LogP contribution in [0.4, 0.5) is 5.69 Å². The second kappa shape index (κ2) is 8.65. The van der Waals surface area contributed by atoms with Gasteiger partial charge >= 0.3 is 0 Å². The molecule has 0 atom stereocenters. The highest BCUT2D eigenvalue weighted by Crippen LogP contribution is 2.28. The molecule has 3 heterocycles. The number of benzene rings is 1. The topological polar surface area (TPSA) is 55.8 Å². The Balaban J connectivity index is 1.70. The highest BCUT2D eigenvalue weighted by Gasteiger charge is 2.18. The molecule has 0 bridgehead atoms. The van der Waals surface area contributed by atoms with Crippen molar-refractivity contribution >= 4 is 11.3 Å². The van der Waals surface area contributed by atoms with Crippen LogP contribution < -0.4 is 10.5 Å². The number of ether oxygens (including phenoxy) is 1. The predicted octanol–water partition coefficient (Wildman–Crippen LogP) is 4.75. The lowest BCUT2D eigenvalue weighted by Crippen LogP contribution is -2.25. The average Bonchev–Trinajstić information content (AvgIpc) is 2.88. The number of nitrogens with two attached hydrogens (primary N) is 1. The van der Waals surface area contributed by atoms with Gasteiger partial charge in [-0.3, -0.25) is 4.90 Å². The summed E-state index contributed by atoms with van der Waals surface area (Å²) in [6.07, 6.45) is 8.23. The largest absolute Gasteiger partial charge is 0.494 e. The molecular formula is C23H30N4O.